The number of H-pyrrole nitrogens is 1. The normalized spacial score (nSPS) is 11.5. The first kappa shape index (κ1) is 22.2. The van der Waals surface area contributed by atoms with Gasteiger partial charge in [-0.3, -0.25) is 9.78 Å². The summed E-state index contributed by atoms with van der Waals surface area (Å²) in [5.74, 6) is -0.609. The Bertz CT molecular complexity index is 1370. The lowest BCUT2D eigenvalue weighted by molar-refractivity contribution is -0.137. The molecule has 1 aromatic carbocycles. The average Bonchev–Trinajstić information content (AvgIpc) is 3.18. The third-order valence-electron chi connectivity index (χ3n) is 5.09. The highest BCUT2D eigenvalue weighted by Crippen LogP contribution is 2.31. The summed E-state index contributed by atoms with van der Waals surface area (Å²) < 4.78 is 53.4. The number of pyridine rings is 2. The number of nitrogens with zero attached hydrogens (tertiary/aromatic N) is 2. The number of anilines is 1. The largest absolute Gasteiger partial charge is 0.417 e. The lowest BCUT2D eigenvalue weighted by Crippen LogP contribution is -2.08. The fraction of sp³-hybridized carbons (Fsp3) is 0.125. The van der Waals surface area contributed by atoms with Gasteiger partial charge in [-0.15, -0.1) is 0 Å². The molecule has 0 radical (unpaired) electrons. The first-order valence-corrected chi connectivity index (χ1v) is 9.86. The number of alkyl halides is 3. The third kappa shape index (κ3) is 4.77. The van der Waals surface area contributed by atoms with Crippen molar-refractivity contribution in [3.8, 4) is 11.1 Å². The highest BCUT2D eigenvalue weighted by molar-refractivity contribution is 6.06. The number of benzene rings is 1. The molecule has 0 atom stereocenters. The Morgan fingerprint density at radius 3 is 2.61 bits per heavy atom. The van der Waals surface area contributed by atoms with E-state index in [4.69, 9.17) is 0 Å². The van der Waals surface area contributed by atoms with Crippen molar-refractivity contribution in [1.82, 2.24) is 15.0 Å². The number of carbonyl (C=O) groups excluding carboxylic acids is 1. The number of carbonyl (C=O) groups is 1. The van der Waals surface area contributed by atoms with Crippen LogP contribution >= 0.6 is 0 Å². The maximum absolute atomic E-state index is 14.8. The maximum Gasteiger partial charge on any atom is 0.417 e. The summed E-state index contributed by atoms with van der Waals surface area (Å²) >= 11 is 0. The van der Waals surface area contributed by atoms with Gasteiger partial charge in [0.15, 0.2) is 5.78 Å². The zero-order valence-electron chi connectivity index (χ0n) is 17.4. The molecule has 0 fully saturated rings. The van der Waals surface area contributed by atoms with Crippen LogP contribution < -0.4 is 5.32 Å². The van der Waals surface area contributed by atoms with Crippen molar-refractivity contribution >= 4 is 22.5 Å². The first-order valence-electron chi connectivity index (χ1n) is 9.86. The molecule has 0 saturated heterocycles. The summed E-state index contributed by atoms with van der Waals surface area (Å²) in [5.41, 5.74) is 2.12. The van der Waals surface area contributed by atoms with Gasteiger partial charge in [0.05, 0.1) is 17.4 Å². The van der Waals surface area contributed by atoms with Gasteiger partial charge in [-0.05, 0) is 36.2 Å². The van der Waals surface area contributed by atoms with Crippen LogP contribution in [-0.4, -0.2) is 20.7 Å². The molecular weight excluding hydrogens is 436 g/mol. The fourth-order valence-corrected chi connectivity index (χ4v) is 3.46. The summed E-state index contributed by atoms with van der Waals surface area (Å²) in [5, 5.41) is 3.39. The van der Waals surface area contributed by atoms with Crippen LogP contribution in [0.2, 0.25) is 0 Å². The molecule has 0 aliphatic heterocycles. The quantitative estimate of drug-likeness (QED) is 0.271. The molecule has 0 aliphatic rings. The molecule has 2 N–H and O–H groups in total. The number of hydrogen-bond acceptors (Lipinski definition) is 4. The van der Waals surface area contributed by atoms with Crippen molar-refractivity contribution in [2.75, 3.05) is 5.32 Å². The van der Waals surface area contributed by atoms with Gasteiger partial charge in [0.1, 0.15) is 11.5 Å². The molecular formula is C24H18F4N4O. The molecule has 0 bridgehead atoms. The molecule has 4 aromatic rings. The van der Waals surface area contributed by atoms with Crippen molar-refractivity contribution in [2.24, 2.45) is 0 Å². The number of rotatable bonds is 6. The van der Waals surface area contributed by atoms with E-state index in [1.165, 1.54) is 19.2 Å². The zero-order chi connectivity index (χ0) is 23.8. The number of fused-ring (bicyclic) bond motifs is 1. The van der Waals surface area contributed by atoms with Crippen LogP contribution in [0.15, 0.2) is 67.4 Å². The summed E-state index contributed by atoms with van der Waals surface area (Å²) in [7, 11) is 0. The first-order chi connectivity index (χ1) is 15.6. The number of nitrogens with one attached hydrogen (secondary N) is 2. The van der Waals surface area contributed by atoms with E-state index in [-0.39, 0.29) is 17.9 Å². The molecule has 0 amide bonds. The van der Waals surface area contributed by atoms with Crippen molar-refractivity contribution in [2.45, 2.75) is 19.5 Å². The van der Waals surface area contributed by atoms with Crippen molar-refractivity contribution in [3.63, 3.8) is 0 Å². The number of Topliss-reactive ketones (excluding diaryl/α,β-unsaturated/α-hetero) is 1. The van der Waals surface area contributed by atoms with Gasteiger partial charge < -0.3 is 10.3 Å². The fourth-order valence-electron chi connectivity index (χ4n) is 3.46. The van der Waals surface area contributed by atoms with Crippen LogP contribution in [0, 0.1) is 5.82 Å². The Morgan fingerprint density at radius 2 is 1.91 bits per heavy atom. The van der Waals surface area contributed by atoms with E-state index >= 15 is 0 Å². The number of aromatic amines is 1. The summed E-state index contributed by atoms with van der Waals surface area (Å²) in [4.78, 5) is 22.6. The minimum atomic E-state index is -4.52. The van der Waals surface area contributed by atoms with Crippen molar-refractivity contribution in [3.05, 3.63) is 89.9 Å². The Hall–Kier alpha value is -4.01. The second-order valence-corrected chi connectivity index (χ2v) is 7.55. The molecule has 0 aliphatic carbocycles. The molecule has 9 heteroatoms. The summed E-state index contributed by atoms with van der Waals surface area (Å²) in [6, 6.07) is 7.31. The van der Waals surface area contributed by atoms with Crippen molar-refractivity contribution in [1.29, 1.82) is 0 Å². The predicted octanol–water partition coefficient (Wildman–Crippen LogP) is 6.15. The number of hydrogen-bond donors (Lipinski definition) is 2. The molecule has 0 saturated carbocycles. The van der Waals surface area contributed by atoms with Crippen molar-refractivity contribution < 1.29 is 22.4 Å². The Kier molecular flexibility index (Phi) is 5.71. The standard InChI is InChI=1S/C24H18F4N4O/c1-13(32-19-8-18(10-29-11-19)24(26,27)28)5-16-4-3-15(7-22(16)25)17-6-20-21(14(2)33)12-31-23(20)30-9-17/h3-4,6-12,32H,1,5H2,2H3,(H,30,31). The van der Waals surface area contributed by atoms with Gasteiger partial charge in [-0.1, -0.05) is 18.7 Å². The monoisotopic (exact) mass is 454 g/mol. The van der Waals surface area contributed by atoms with Gasteiger partial charge in [0.2, 0.25) is 0 Å². The SMILES string of the molecule is C=C(Cc1ccc(-c2cnc3[nH]cc(C(C)=O)c3c2)cc1F)Nc1cncc(C(F)(F)F)c1. The molecule has 4 rings (SSSR count). The van der Waals surface area contributed by atoms with E-state index < -0.39 is 17.6 Å². The number of aromatic nitrogens is 3. The predicted molar refractivity (Wildman–Crippen MR) is 117 cm³/mol. The molecule has 0 unspecified atom stereocenters. The van der Waals surface area contributed by atoms with Gasteiger partial charge in [-0.2, -0.15) is 13.2 Å². The average molecular weight is 454 g/mol. The van der Waals surface area contributed by atoms with Crippen LogP contribution in [0.4, 0.5) is 23.2 Å². The van der Waals surface area contributed by atoms with Gasteiger partial charge in [0.25, 0.3) is 0 Å². The molecule has 33 heavy (non-hydrogen) atoms. The minimum Gasteiger partial charge on any atom is -0.358 e. The lowest BCUT2D eigenvalue weighted by atomic mass is 10.0. The van der Waals surface area contributed by atoms with Crippen LogP contribution in [-0.2, 0) is 12.6 Å². The highest BCUT2D eigenvalue weighted by Gasteiger charge is 2.31. The maximum atomic E-state index is 14.8. The van der Waals surface area contributed by atoms with E-state index in [2.05, 4.69) is 26.8 Å². The van der Waals surface area contributed by atoms with Crippen LogP contribution in [0.5, 0.6) is 0 Å². The second kappa shape index (κ2) is 8.50. The summed E-state index contributed by atoms with van der Waals surface area (Å²) in [6.07, 6.45) is 0.679. The highest BCUT2D eigenvalue weighted by atomic mass is 19.4. The zero-order valence-corrected chi connectivity index (χ0v) is 17.4. The van der Waals surface area contributed by atoms with E-state index in [9.17, 15) is 22.4 Å². The number of allylic oxidation sites excluding steroid dienone is 1. The van der Waals surface area contributed by atoms with E-state index in [0.29, 0.717) is 39.0 Å². The molecule has 5 nitrogen and oxygen atoms in total. The van der Waals surface area contributed by atoms with Gasteiger partial charge in [-0.25, -0.2) is 9.37 Å². The molecule has 0 spiro atoms. The minimum absolute atomic E-state index is 0.0614. The Balaban J connectivity index is 1.52. The van der Waals surface area contributed by atoms with Gasteiger partial charge in [0, 0.05) is 47.2 Å². The summed E-state index contributed by atoms with van der Waals surface area (Å²) in [6.45, 7) is 5.24. The second-order valence-electron chi connectivity index (χ2n) is 7.55. The van der Waals surface area contributed by atoms with E-state index in [1.54, 1.807) is 30.6 Å². The lowest BCUT2D eigenvalue weighted by Gasteiger charge is -2.13. The van der Waals surface area contributed by atoms with Gasteiger partial charge >= 0.3 is 6.18 Å². The molecule has 168 valence electrons. The van der Waals surface area contributed by atoms with Crippen LogP contribution in [0.1, 0.15) is 28.4 Å². The van der Waals surface area contributed by atoms with Crippen LogP contribution in [0.3, 0.4) is 0 Å². The van der Waals surface area contributed by atoms with Crippen LogP contribution in [0.25, 0.3) is 22.2 Å². The molecule has 3 aromatic heterocycles. The smallest absolute Gasteiger partial charge is 0.358 e. The molecule has 3 heterocycles. The number of ketones is 1. The Labute approximate surface area is 186 Å². The number of halogens is 4. The van der Waals surface area contributed by atoms with E-state index in [0.717, 1.165) is 12.3 Å². The third-order valence-corrected chi connectivity index (χ3v) is 5.09. The Morgan fingerprint density at radius 1 is 1.12 bits per heavy atom. The van der Waals surface area contributed by atoms with E-state index in [1.807, 2.05) is 0 Å². The topological polar surface area (TPSA) is 70.7 Å².